The second kappa shape index (κ2) is 3.59. The summed E-state index contributed by atoms with van der Waals surface area (Å²) in [5.41, 5.74) is 0. The molecule has 1 nitrogen and oxygen atoms in total. The molecule has 0 fully saturated rings. The third-order valence-electron chi connectivity index (χ3n) is 0.0609. The second-order valence-electron chi connectivity index (χ2n) is 0.254. The number of hydrogen-bond acceptors (Lipinski definition) is 1. The largest absolute Gasteiger partial charge is 0.288 e. The first kappa shape index (κ1) is 4.59. The summed E-state index contributed by atoms with van der Waals surface area (Å²) in [4.78, 5) is 0. The van der Waals surface area contributed by atoms with Crippen LogP contribution in [0.15, 0.2) is 0 Å². The van der Waals surface area contributed by atoms with Crippen LogP contribution in [-0.2, 0) is 4.57 Å². The van der Waals surface area contributed by atoms with Crippen molar-refractivity contribution in [3.8, 4) is 0 Å². The summed E-state index contributed by atoms with van der Waals surface area (Å²) in [6, 6.07) is 0. The van der Waals surface area contributed by atoms with Crippen LogP contribution in [0.3, 0.4) is 0 Å². The molecule has 1 radical (unpaired) electrons. The van der Waals surface area contributed by atoms with Crippen LogP contribution in [0, 0.1) is 0 Å². The Balaban J connectivity index is 2.30. The molecule has 4 heavy (non-hydrogen) atoms. The van der Waals surface area contributed by atoms with Crippen molar-refractivity contribution in [3.05, 3.63) is 0 Å². The standard InChI is InChI=1S/BH2OP2/c2-4-1-3/h3H2. The van der Waals surface area contributed by atoms with Gasteiger partial charge >= 0.3 is 0 Å². The molecule has 0 aromatic rings. The first-order valence-electron chi connectivity index (χ1n) is 0.774. The molecule has 0 aromatic carbocycles. The van der Waals surface area contributed by atoms with E-state index < -0.39 is 0 Å². The third-order valence-corrected chi connectivity index (χ3v) is 0.548. The average Bonchev–Trinajstić information content (AvgIpc) is 1.37. The van der Waals surface area contributed by atoms with Gasteiger partial charge in [0.05, 0.1) is 8.34 Å². The highest BCUT2D eigenvalue weighted by Crippen LogP contribution is 1.89. The minimum atomic E-state index is 0.0864. The van der Waals surface area contributed by atoms with Crippen molar-refractivity contribution in [1.29, 1.82) is 0 Å². The summed E-state index contributed by atoms with van der Waals surface area (Å²) in [7, 11) is 2.29. The quantitative estimate of drug-likeness (QED) is 0.342. The second-order valence-corrected chi connectivity index (χ2v) is 1.66. The molecule has 0 saturated heterocycles. The Labute approximate surface area is 29.7 Å². The zero-order valence-electron chi connectivity index (χ0n) is 2.01. The van der Waals surface area contributed by atoms with Crippen LogP contribution < -0.4 is 0 Å². The summed E-state index contributed by atoms with van der Waals surface area (Å²) in [6.45, 7) is 1.46. The highest BCUT2D eigenvalue weighted by Gasteiger charge is 1.62. The van der Waals surface area contributed by atoms with E-state index in [1.54, 1.807) is 0 Å². The van der Waals surface area contributed by atoms with E-state index in [0.717, 1.165) is 0 Å². The molecule has 0 amide bonds. The molecule has 0 N–H and O–H groups in total. The van der Waals surface area contributed by atoms with Crippen molar-refractivity contribution in [2.24, 2.45) is 0 Å². The van der Waals surface area contributed by atoms with Crippen molar-refractivity contribution in [2.75, 3.05) is 0 Å². The molecule has 0 bridgehead atoms. The molecule has 0 heterocycles. The van der Waals surface area contributed by atoms with Crippen LogP contribution in [0.1, 0.15) is 0 Å². The van der Waals surface area contributed by atoms with Gasteiger partial charge in [-0.1, -0.05) is 0 Å². The fourth-order valence-corrected chi connectivity index (χ4v) is 0. The SMILES string of the molecule is O=P[B]P. The minimum Gasteiger partial charge on any atom is -0.288 e. The van der Waals surface area contributed by atoms with E-state index in [0.29, 0.717) is 0 Å². The van der Waals surface area contributed by atoms with Crippen LogP contribution in [0.5, 0.6) is 0 Å². The van der Waals surface area contributed by atoms with Crippen LogP contribution >= 0.6 is 17.5 Å². The van der Waals surface area contributed by atoms with Crippen molar-refractivity contribution in [2.45, 2.75) is 0 Å². The van der Waals surface area contributed by atoms with Crippen molar-refractivity contribution in [3.63, 3.8) is 0 Å². The summed E-state index contributed by atoms with van der Waals surface area (Å²) in [6.07, 6.45) is 0. The zero-order valence-corrected chi connectivity index (χ0v) is 4.06. The van der Waals surface area contributed by atoms with Gasteiger partial charge in [0, 0.05) is 0 Å². The summed E-state index contributed by atoms with van der Waals surface area (Å²) in [5.74, 6) is 0. The molecular formula is H2BOP2. The van der Waals surface area contributed by atoms with Gasteiger partial charge in [0.25, 0.3) is 6.72 Å². The van der Waals surface area contributed by atoms with E-state index in [1.807, 2.05) is 0 Å². The summed E-state index contributed by atoms with van der Waals surface area (Å²) in [5, 5.41) is 0. The first-order chi connectivity index (χ1) is 1.91. The van der Waals surface area contributed by atoms with Gasteiger partial charge in [-0.05, 0) is 0 Å². The Bertz CT molecular complexity index is 20.0. The van der Waals surface area contributed by atoms with Gasteiger partial charge in [0.1, 0.15) is 0 Å². The van der Waals surface area contributed by atoms with Gasteiger partial charge in [-0.15, -0.1) is 0 Å². The Kier molecular flexibility index (Phi) is 4.13. The molecular weight excluding hydrogens is 88.8 g/mol. The highest BCUT2D eigenvalue weighted by atomic mass is 31.1. The van der Waals surface area contributed by atoms with Crippen molar-refractivity contribution in [1.82, 2.24) is 0 Å². The van der Waals surface area contributed by atoms with Crippen LogP contribution in [0.25, 0.3) is 0 Å². The van der Waals surface area contributed by atoms with E-state index in [1.165, 1.54) is 6.72 Å². The monoisotopic (exact) mass is 91.0 g/mol. The third kappa shape index (κ3) is 2.59. The lowest BCUT2D eigenvalue weighted by Crippen LogP contribution is -1.37. The Morgan fingerprint density at radius 2 is 2.25 bits per heavy atom. The molecule has 4 heteroatoms. The molecule has 21 valence electrons. The Morgan fingerprint density at radius 1 is 2.00 bits per heavy atom. The molecule has 0 aliphatic heterocycles. The van der Waals surface area contributed by atoms with Crippen LogP contribution in [-0.4, -0.2) is 6.72 Å². The van der Waals surface area contributed by atoms with Gasteiger partial charge in [0.2, 0.25) is 0 Å². The molecule has 1 unspecified atom stereocenters. The zero-order chi connectivity index (χ0) is 3.41. The fraction of sp³-hybridized carbons (Fsp3) is 0. The predicted molar refractivity (Wildman–Crippen MR) is 23.1 cm³/mol. The van der Waals surface area contributed by atoms with E-state index in [4.69, 9.17) is 0 Å². The van der Waals surface area contributed by atoms with E-state index in [-0.39, 0.29) is 8.34 Å². The first-order valence-corrected chi connectivity index (χ1v) is 2.32. The highest BCUT2D eigenvalue weighted by molar-refractivity contribution is 7.89. The molecule has 0 aliphatic carbocycles. The Hall–Kier alpha value is 0.595. The fourth-order valence-electron chi connectivity index (χ4n) is 0. The van der Waals surface area contributed by atoms with Crippen LogP contribution in [0.2, 0.25) is 0 Å². The molecule has 0 aromatic heterocycles. The number of hydrogen-bond donors (Lipinski definition) is 0. The van der Waals surface area contributed by atoms with Gasteiger partial charge in [0.15, 0.2) is 0 Å². The maximum Gasteiger partial charge on any atom is 0.267 e. The molecule has 0 rings (SSSR count). The van der Waals surface area contributed by atoms with Gasteiger partial charge in [-0.2, -0.15) is 9.12 Å². The molecule has 1 atom stereocenters. The molecule has 0 aliphatic rings. The minimum absolute atomic E-state index is 0.0864. The number of rotatable bonds is 1. The van der Waals surface area contributed by atoms with Gasteiger partial charge < -0.3 is 0 Å². The van der Waals surface area contributed by atoms with E-state index >= 15 is 0 Å². The van der Waals surface area contributed by atoms with E-state index in [2.05, 4.69) is 9.12 Å². The lowest BCUT2D eigenvalue weighted by Gasteiger charge is -1.43. The lowest BCUT2D eigenvalue weighted by atomic mass is 10.7. The van der Waals surface area contributed by atoms with Gasteiger partial charge in [-0.25, -0.2) is 0 Å². The average molecular weight is 90.8 g/mol. The maximum atomic E-state index is 9.19. The Morgan fingerprint density at radius 3 is 2.25 bits per heavy atom. The maximum absolute atomic E-state index is 9.19. The predicted octanol–water partition coefficient (Wildman–Crippen LogP) is 0.687. The summed E-state index contributed by atoms with van der Waals surface area (Å²) < 4.78 is 9.19. The van der Waals surface area contributed by atoms with Crippen molar-refractivity contribution < 1.29 is 4.57 Å². The molecule has 0 saturated carbocycles. The van der Waals surface area contributed by atoms with E-state index in [9.17, 15) is 4.57 Å². The normalized spacial score (nSPS) is 7.25. The molecule has 0 spiro atoms. The summed E-state index contributed by atoms with van der Waals surface area (Å²) >= 11 is 0. The van der Waals surface area contributed by atoms with Gasteiger partial charge in [-0.3, -0.25) is 4.57 Å². The van der Waals surface area contributed by atoms with Crippen LogP contribution in [0.4, 0.5) is 0 Å². The smallest absolute Gasteiger partial charge is 0.267 e. The van der Waals surface area contributed by atoms with Crippen molar-refractivity contribution >= 4 is 24.2 Å². The lowest BCUT2D eigenvalue weighted by molar-refractivity contribution is 0.605. The topological polar surface area (TPSA) is 17.1 Å².